The largest absolute Gasteiger partial charge is 0.348 e. The molecule has 2 amide bonds. The molecule has 0 saturated carbocycles. The van der Waals surface area contributed by atoms with Crippen LogP contribution in [0.1, 0.15) is 87.5 Å². The van der Waals surface area contributed by atoms with Gasteiger partial charge in [0.2, 0.25) is 0 Å². The molecule has 2 aliphatic heterocycles. The standard InChI is InChI=1S/C30H40N4O2/c1-7-12-22(13-8-2)21(6)34-26(10-4)29(35)31-24-19-23(20(5)18-28(24)34)30(36)33-17-16-32-15-11-14-27(32)25(33)9-3/h10-11,14-15,18-19,22,25H,6-9,12-13,16-17H2,1-5H3,(H,31,35)/b26-10-. The Kier molecular flexibility index (Phi) is 7.72. The molecular formula is C30H40N4O2. The highest BCUT2D eigenvalue weighted by Crippen LogP contribution is 2.42. The molecule has 6 heteroatoms. The smallest absolute Gasteiger partial charge is 0.272 e. The molecule has 6 nitrogen and oxygen atoms in total. The topological polar surface area (TPSA) is 57.6 Å². The lowest BCUT2D eigenvalue weighted by Gasteiger charge is -2.39. The van der Waals surface area contributed by atoms with E-state index in [9.17, 15) is 9.59 Å². The number of aromatic nitrogens is 1. The van der Waals surface area contributed by atoms with Gasteiger partial charge in [0.05, 0.1) is 17.4 Å². The Morgan fingerprint density at radius 3 is 2.56 bits per heavy atom. The molecule has 1 aromatic heterocycles. The molecule has 1 N–H and O–H groups in total. The third-order valence-electron chi connectivity index (χ3n) is 7.65. The Morgan fingerprint density at radius 1 is 1.19 bits per heavy atom. The summed E-state index contributed by atoms with van der Waals surface area (Å²) in [6.45, 7) is 16.3. The Balaban J connectivity index is 1.73. The number of rotatable bonds is 8. The summed E-state index contributed by atoms with van der Waals surface area (Å²) in [5, 5.41) is 3.05. The number of carbonyl (C=O) groups is 2. The molecule has 192 valence electrons. The van der Waals surface area contributed by atoms with Crippen LogP contribution in [0.25, 0.3) is 0 Å². The molecule has 0 radical (unpaired) electrons. The summed E-state index contributed by atoms with van der Waals surface area (Å²) in [5.74, 6) is 0.147. The number of carbonyl (C=O) groups excluding carboxylic acids is 2. The van der Waals surface area contributed by atoms with Crippen molar-refractivity contribution >= 4 is 23.2 Å². The number of fused-ring (bicyclic) bond motifs is 2. The van der Waals surface area contributed by atoms with Crippen molar-refractivity contribution in [2.75, 3.05) is 16.8 Å². The molecule has 0 aliphatic carbocycles. The van der Waals surface area contributed by atoms with E-state index in [4.69, 9.17) is 0 Å². The first-order valence-electron chi connectivity index (χ1n) is 13.4. The van der Waals surface area contributed by atoms with Crippen molar-refractivity contribution in [3.8, 4) is 0 Å². The fraction of sp³-hybridized carbons (Fsp3) is 0.467. The van der Waals surface area contributed by atoms with Crippen molar-refractivity contribution in [3.05, 3.63) is 71.3 Å². The summed E-state index contributed by atoms with van der Waals surface area (Å²) in [6, 6.07) is 8.11. The number of hydrogen-bond acceptors (Lipinski definition) is 3. The molecule has 1 aromatic carbocycles. The molecule has 0 fully saturated rings. The SMILES string of the molecule is C=C(C(CCC)CCC)N1/C(=C\C)C(=O)Nc2cc(C(=O)N3CCn4cccc4C3CC)c(C)cc21. The molecule has 36 heavy (non-hydrogen) atoms. The van der Waals surface area contributed by atoms with Gasteiger partial charge < -0.3 is 19.7 Å². The van der Waals surface area contributed by atoms with Gasteiger partial charge in [0.1, 0.15) is 5.70 Å². The van der Waals surface area contributed by atoms with E-state index in [0.29, 0.717) is 29.4 Å². The van der Waals surface area contributed by atoms with Gasteiger partial charge >= 0.3 is 0 Å². The maximum Gasteiger partial charge on any atom is 0.272 e. The summed E-state index contributed by atoms with van der Waals surface area (Å²) in [7, 11) is 0. The Bertz CT molecular complexity index is 1190. The van der Waals surface area contributed by atoms with Crippen molar-refractivity contribution in [3.63, 3.8) is 0 Å². The quantitative estimate of drug-likeness (QED) is 0.416. The number of amides is 2. The van der Waals surface area contributed by atoms with Gasteiger partial charge in [-0.1, -0.05) is 46.3 Å². The van der Waals surface area contributed by atoms with Crippen molar-refractivity contribution in [1.29, 1.82) is 0 Å². The van der Waals surface area contributed by atoms with Crippen LogP contribution in [0.3, 0.4) is 0 Å². The minimum absolute atomic E-state index is 0.0147. The van der Waals surface area contributed by atoms with Crippen LogP contribution in [0.4, 0.5) is 11.4 Å². The first-order chi connectivity index (χ1) is 17.4. The maximum atomic E-state index is 13.9. The van der Waals surface area contributed by atoms with Gasteiger partial charge in [-0.05, 0) is 68.9 Å². The molecule has 0 bridgehead atoms. The molecule has 2 aromatic rings. The summed E-state index contributed by atoms with van der Waals surface area (Å²) in [5.41, 5.74) is 5.82. The zero-order chi connectivity index (χ0) is 26.0. The van der Waals surface area contributed by atoms with Crippen LogP contribution in [0.15, 0.2) is 54.5 Å². The highest BCUT2D eigenvalue weighted by molar-refractivity contribution is 6.13. The Hall–Kier alpha value is -3.28. The zero-order valence-electron chi connectivity index (χ0n) is 22.4. The fourth-order valence-corrected chi connectivity index (χ4v) is 5.84. The number of hydrogen-bond donors (Lipinski definition) is 1. The molecule has 2 aliphatic rings. The molecule has 0 saturated heterocycles. The van der Waals surface area contributed by atoms with Crippen LogP contribution in [0.5, 0.6) is 0 Å². The molecule has 3 heterocycles. The lowest BCUT2D eigenvalue weighted by molar-refractivity contribution is -0.113. The Labute approximate surface area is 215 Å². The van der Waals surface area contributed by atoms with Gasteiger partial charge in [-0.25, -0.2) is 0 Å². The number of benzene rings is 1. The number of aryl methyl sites for hydroxylation is 1. The number of anilines is 2. The van der Waals surface area contributed by atoms with Gasteiger partial charge in [0, 0.05) is 36.2 Å². The first-order valence-corrected chi connectivity index (χ1v) is 13.4. The van der Waals surface area contributed by atoms with E-state index >= 15 is 0 Å². The van der Waals surface area contributed by atoms with Gasteiger partial charge in [0.25, 0.3) is 11.8 Å². The molecule has 1 unspecified atom stereocenters. The third kappa shape index (κ3) is 4.49. The van der Waals surface area contributed by atoms with Crippen LogP contribution < -0.4 is 10.2 Å². The lowest BCUT2D eigenvalue weighted by Crippen LogP contribution is -2.42. The van der Waals surface area contributed by atoms with Crippen LogP contribution in [-0.4, -0.2) is 27.8 Å². The Morgan fingerprint density at radius 2 is 1.92 bits per heavy atom. The normalized spacial score (nSPS) is 18.3. The van der Waals surface area contributed by atoms with E-state index in [1.807, 2.05) is 41.9 Å². The number of allylic oxidation sites excluding steroid dienone is 2. The summed E-state index contributed by atoms with van der Waals surface area (Å²) >= 11 is 0. The van der Waals surface area contributed by atoms with E-state index in [-0.39, 0.29) is 17.9 Å². The number of nitrogens with one attached hydrogen (secondary N) is 1. The van der Waals surface area contributed by atoms with Crippen molar-refractivity contribution in [1.82, 2.24) is 9.47 Å². The molecular weight excluding hydrogens is 448 g/mol. The summed E-state index contributed by atoms with van der Waals surface area (Å²) in [6.07, 6.45) is 8.97. The number of nitrogens with zero attached hydrogens (tertiary/aromatic N) is 3. The zero-order valence-corrected chi connectivity index (χ0v) is 22.4. The molecule has 1 atom stereocenters. The van der Waals surface area contributed by atoms with Crippen LogP contribution in [-0.2, 0) is 11.3 Å². The van der Waals surface area contributed by atoms with Crippen molar-refractivity contribution < 1.29 is 9.59 Å². The predicted octanol–water partition coefficient (Wildman–Crippen LogP) is 6.80. The third-order valence-corrected chi connectivity index (χ3v) is 7.65. The van der Waals surface area contributed by atoms with Crippen molar-refractivity contribution in [2.24, 2.45) is 5.92 Å². The monoisotopic (exact) mass is 488 g/mol. The summed E-state index contributed by atoms with van der Waals surface area (Å²) in [4.78, 5) is 31.0. The second-order valence-electron chi connectivity index (χ2n) is 9.96. The summed E-state index contributed by atoms with van der Waals surface area (Å²) < 4.78 is 2.24. The van der Waals surface area contributed by atoms with Gasteiger partial charge in [0.15, 0.2) is 0 Å². The van der Waals surface area contributed by atoms with E-state index < -0.39 is 0 Å². The van der Waals surface area contributed by atoms with E-state index in [1.54, 1.807) is 0 Å². The van der Waals surface area contributed by atoms with E-state index in [1.165, 1.54) is 5.69 Å². The fourth-order valence-electron chi connectivity index (χ4n) is 5.84. The second kappa shape index (κ2) is 10.8. The maximum absolute atomic E-state index is 13.9. The second-order valence-corrected chi connectivity index (χ2v) is 9.96. The predicted molar refractivity (Wildman–Crippen MR) is 147 cm³/mol. The highest BCUT2D eigenvalue weighted by atomic mass is 16.2. The minimum Gasteiger partial charge on any atom is -0.348 e. The van der Waals surface area contributed by atoms with Gasteiger partial charge in [-0.15, -0.1) is 0 Å². The first kappa shape index (κ1) is 25.8. The average molecular weight is 489 g/mol. The van der Waals surface area contributed by atoms with Crippen LogP contribution in [0.2, 0.25) is 0 Å². The minimum atomic E-state index is -0.164. The van der Waals surface area contributed by atoms with Crippen LogP contribution >= 0.6 is 0 Å². The van der Waals surface area contributed by atoms with Gasteiger partial charge in [-0.3, -0.25) is 9.59 Å². The molecule has 4 rings (SSSR count). The highest BCUT2D eigenvalue weighted by Gasteiger charge is 2.35. The molecule has 0 spiro atoms. The average Bonchev–Trinajstić information content (AvgIpc) is 3.35. The van der Waals surface area contributed by atoms with Gasteiger partial charge in [-0.2, -0.15) is 0 Å². The van der Waals surface area contributed by atoms with E-state index in [2.05, 4.69) is 55.6 Å². The lowest BCUT2D eigenvalue weighted by atomic mass is 9.92. The van der Waals surface area contributed by atoms with Crippen molar-refractivity contribution in [2.45, 2.75) is 79.3 Å². The van der Waals surface area contributed by atoms with E-state index in [0.717, 1.165) is 55.6 Å². The van der Waals surface area contributed by atoms with Crippen LogP contribution in [0, 0.1) is 12.8 Å².